The van der Waals surface area contributed by atoms with Gasteiger partial charge in [-0.2, -0.15) is 0 Å². The van der Waals surface area contributed by atoms with Gasteiger partial charge in [0, 0.05) is 37.7 Å². The van der Waals surface area contributed by atoms with Crippen LogP contribution in [-0.2, 0) is 20.8 Å². The number of aromatic nitrogens is 1. The van der Waals surface area contributed by atoms with Crippen LogP contribution in [0.1, 0.15) is 32.3 Å². The highest BCUT2D eigenvalue weighted by molar-refractivity contribution is 5.79. The van der Waals surface area contributed by atoms with Gasteiger partial charge in [0.05, 0.1) is 31.4 Å². The minimum absolute atomic E-state index is 0.0451. The van der Waals surface area contributed by atoms with Crippen molar-refractivity contribution in [3.63, 3.8) is 0 Å². The molecule has 4 rings (SSSR count). The highest BCUT2D eigenvalue weighted by Gasteiger charge is 2.30. The van der Waals surface area contributed by atoms with Gasteiger partial charge in [0.1, 0.15) is 11.5 Å². The first-order valence-electron chi connectivity index (χ1n) is 11.0. The summed E-state index contributed by atoms with van der Waals surface area (Å²) in [5.41, 5.74) is 2.23. The summed E-state index contributed by atoms with van der Waals surface area (Å²) >= 11 is 0. The van der Waals surface area contributed by atoms with Crippen molar-refractivity contribution in [1.82, 2.24) is 10.1 Å². The van der Waals surface area contributed by atoms with Gasteiger partial charge in [-0.25, -0.2) is 4.39 Å². The Hall–Kier alpha value is -2.45. The lowest BCUT2D eigenvalue weighted by Crippen LogP contribution is -2.40. The van der Waals surface area contributed by atoms with E-state index in [2.05, 4.69) is 10.1 Å². The first kappa shape index (κ1) is 21.8. The molecule has 1 atom stereocenters. The third-order valence-electron chi connectivity index (χ3n) is 5.79. The number of carbonyl (C=O) groups is 1. The minimum atomic E-state index is -0.308. The second-order valence-electron chi connectivity index (χ2n) is 8.43. The van der Waals surface area contributed by atoms with Crippen LogP contribution in [0.4, 0.5) is 10.3 Å². The zero-order valence-corrected chi connectivity index (χ0v) is 18.2. The number of hydrogen-bond acceptors (Lipinski definition) is 6. The molecule has 2 saturated heterocycles. The lowest BCUT2D eigenvalue weighted by molar-refractivity contribution is -0.136. The zero-order chi connectivity index (χ0) is 21.8. The van der Waals surface area contributed by atoms with Crippen molar-refractivity contribution in [3.8, 4) is 11.3 Å². The number of rotatable bonds is 7. The molecule has 3 heterocycles. The molecular weight excluding hydrogens is 401 g/mol. The van der Waals surface area contributed by atoms with E-state index in [0.717, 1.165) is 30.6 Å². The van der Waals surface area contributed by atoms with E-state index in [1.165, 1.54) is 12.1 Å². The zero-order valence-electron chi connectivity index (χ0n) is 18.2. The van der Waals surface area contributed by atoms with Gasteiger partial charge in [0.25, 0.3) is 0 Å². The number of anilines is 1. The first-order valence-corrected chi connectivity index (χ1v) is 11.0. The number of amides is 1. The van der Waals surface area contributed by atoms with E-state index < -0.39 is 0 Å². The molecule has 0 aliphatic carbocycles. The molecule has 2 aromatic rings. The predicted octanol–water partition coefficient (Wildman–Crippen LogP) is 3.48. The summed E-state index contributed by atoms with van der Waals surface area (Å²) in [7, 11) is 0. The molecular formula is C23H30FN3O4. The van der Waals surface area contributed by atoms with Crippen LogP contribution < -0.4 is 4.90 Å². The lowest BCUT2D eigenvalue weighted by atomic mass is 10.0. The molecule has 2 fully saturated rings. The van der Waals surface area contributed by atoms with Crippen molar-refractivity contribution in [2.45, 2.75) is 39.3 Å². The van der Waals surface area contributed by atoms with E-state index >= 15 is 0 Å². The normalized spacial score (nSPS) is 19.2. The van der Waals surface area contributed by atoms with Crippen molar-refractivity contribution in [3.05, 3.63) is 35.6 Å². The van der Waals surface area contributed by atoms with Gasteiger partial charge in [0.15, 0.2) is 0 Å². The van der Waals surface area contributed by atoms with E-state index in [9.17, 15) is 9.18 Å². The number of morpholine rings is 1. The van der Waals surface area contributed by atoms with Gasteiger partial charge in [-0.1, -0.05) is 19.0 Å². The highest BCUT2D eigenvalue weighted by Crippen LogP contribution is 2.33. The number of ether oxygens (including phenoxy) is 2. The maximum atomic E-state index is 13.5. The Morgan fingerprint density at radius 2 is 1.97 bits per heavy atom. The minimum Gasteiger partial charge on any atom is -0.378 e. The van der Waals surface area contributed by atoms with Gasteiger partial charge < -0.3 is 23.8 Å². The second kappa shape index (κ2) is 9.78. The molecule has 8 heteroatoms. The molecule has 0 N–H and O–H groups in total. The number of nitrogens with zero attached hydrogens (tertiary/aromatic N) is 3. The maximum absolute atomic E-state index is 13.5. The summed E-state index contributed by atoms with van der Waals surface area (Å²) in [4.78, 5) is 17.0. The monoisotopic (exact) mass is 431 g/mol. The van der Waals surface area contributed by atoms with Crippen LogP contribution in [0.15, 0.2) is 28.8 Å². The molecule has 31 heavy (non-hydrogen) atoms. The Kier molecular flexibility index (Phi) is 6.87. The van der Waals surface area contributed by atoms with Crippen LogP contribution in [0.25, 0.3) is 11.3 Å². The number of carbonyl (C=O) groups excluding carboxylic acids is 1. The molecule has 1 amide bonds. The predicted molar refractivity (Wildman–Crippen MR) is 114 cm³/mol. The Morgan fingerprint density at radius 1 is 1.23 bits per heavy atom. The Bertz CT molecular complexity index is 871. The van der Waals surface area contributed by atoms with Gasteiger partial charge in [-0.15, -0.1) is 0 Å². The van der Waals surface area contributed by atoms with Crippen molar-refractivity contribution in [2.24, 2.45) is 5.92 Å². The summed E-state index contributed by atoms with van der Waals surface area (Å²) in [6.07, 6.45) is 2.01. The lowest BCUT2D eigenvalue weighted by Gasteiger charge is -2.30. The van der Waals surface area contributed by atoms with E-state index in [0.29, 0.717) is 51.0 Å². The molecule has 0 bridgehead atoms. The summed E-state index contributed by atoms with van der Waals surface area (Å²) in [5.74, 6) is 0.269. The molecule has 1 aromatic carbocycles. The SMILES string of the molecule is CC(C)C(=O)N(Cc1c(-c2ccc(F)cc2)noc1N1CCOCC1)C[C@H]1CCCO1. The topological polar surface area (TPSA) is 68.0 Å². The quantitative estimate of drug-likeness (QED) is 0.669. The Balaban J connectivity index is 1.68. The van der Waals surface area contributed by atoms with Crippen molar-refractivity contribution < 1.29 is 23.2 Å². The molecule has 0 spiro atoms. The van der Waals surface area contributed by atoms with E-state index in [4.69, 9.17) is 14.0 Å². The molecule has 0 radical (unpaired) electrons. The molecule has 0 saturated carbocycles. The van der Waals surface area contributed by atoms with Crippen LogP contribution in [-0.4, -0.2) is 61.5 Å². The molecule has 7 nitrogen and oxygen atoms in total. The maximum Gasteiger partial charge on any atom is 0.233 e. The fourth-order valence-corrected chi connectivity index (χ4v) is 4.12. The van der Waals surface area contributed by atoms with Crippen LogP contribution >= 0.6 is 0 Å². The van der Waals surface area contributed by atoms with Gasteiger partial charge in [-0.3, -0.25) is 4.79 Å². The summed E-state index contributed by atoms with van der Waals surface area (Å²) in [6.45, 7) is 8.04. The number of hydrogen-bond donors (Lipinski definition) is 0. The fourth-order valence-electron chi connectivity index (χ4n) is 4.12. The average molecular weight is 432 g/mol. The molecule has 2 aliphatic rings. The summed E-state index contributed by atoms with van der Waals surface area (Å²) in [5, 5.41) is 4.33. The first-order chi connectivity index (χ1) is 15.0. The van der Waals surface area contributed by atoms with Crippen LogP contribution in [0.3, 0.4) is 0 Å². The van der Waals surface area contributed by atoms with E-state index in [1.54, 1.807) is 12.1 Å². The summed E-state index contributed by atoms with van der Waals surface area (Å²) in [6, 6.07) is 6.19. The Morgan fingerprint density at radius 3 is 2.61 bits per heavy atom. The molecule has 1 aromatic heterocycles. The summed E-state index contributed by atoms with van der Waals surface area (Å²) < 4.78 is 30.6. The smallest absolute Gasteiger partial charge is 0.233 e. The third kappa shape index (κ3) is 5.07. The van der Waals surface area contributed by atoms with E-state index in [-0.39, 0.29) is 23.7 Å². The molecule has 0 unspecified atom stereocenters. The number of benzene rings is 1. The standard InChI is InChI=1S/C23H30FN3O4/c1-16(2)22(28)27(14-19-4-3-11-30-19)15-20-21(17-5-7-18(24)8-6-17)25-31-23(20)26-9-12-29-13-10-26/h5-8,16,19H,3-4,9-15H2,1-2H3/t19-/m1/s1. The molecule has 2 aliphatic heterocycles. The van der Waals surface area contributed by atoms with Crippen LogP contribution in [0.5, 0.6) is 0 Å². The molecule has 168 valence electrons. The van der Waals surface area contributed by atoms with Gasteiger partial charge in [-0.05, 0) is 37.1 Å². The van der Waals surface area contributed by atoms with Crippen molar-refractivity contribution in [2.75, 3.05) is 44.4 Å². The average Bonchev–Trinajstić information content (AvgIpc) is 3.44. The van der Waals surface area contributed by atoms with Crippen molar-refractivity contribution >= 4 is 11.8 Å². The third-order valence-corrected chi connectivity index (χ3v) is 5.79. The largest absolute Gasteiger partial charge is 0.378 e. The number of halogens is 1. The fraction of sp³-hybridized carbons (Fsp3) is 0.565. The van der Waals surface area contributed by atoms with Crippen molar-refractivity contribution in [1.29, 1.82) is 0 Å². The van der Waals surface area contributed by atoms with Crippen LogP contribution in [0.2, 0.25) is 0 Å². The van der Waals surface area contributed by atoms with E-state index in [1.807, 2.05) is 18.7 Å². The van der Waals surface area contributed by atoms with Gasteiger partial charge in [0.2, 0.25) is 11.8 Å². The second-order valence-corrected chi connectivity index (χ2v) is 8.43. The van der Waals surface area contributed by atoms with Gasteiger partial charge >= 0.3 is 0 Å². The highest BCUT2D eigenvalue weighted by atomic mass is 19.1. The van der Waals surface area contributed by atoms with Crippen LogP contribution in [0, 0.1) is 11.7 Å². The Labute approximate surface area is 182 Å².